The van der Waals surface area contributed by atoms with Crippen LogP contribution in [0.1, 0.15) is 0 Å². The molecule has 0 amide bonds. The summed E-state index contributed by atoms with van der Waals surface area (Å²) in [7, 11) is 4.76. The molecule has 1 rings (SSSR count). The van der Waals surface area contributed by atoms with E-state index in [0.29, 0.717) is 6.61 Å². The highest BCUT2D eigenvalue weighted by molar-refractivity contribution is 4.90. The molecule has 0 N–H and O–H groups in total. The average Bonchev–Trinajstić information content (AvgIpc) is 2.66. The predicted octanol–water partition coefficient (Wildman–Crippen LogP) is 0.0375. The highest BCUT2D eigenvalue weighted by Crippen LogP contribution is 2.26. The Bertz CT molecular complexity index is 237. The van der Waals surface area contributed by atoms with Crippen molar-refractivity contribution in [3.05, 3.63) is 0 Å². The molecule has 5 heteroatoms. The molecule has 4 atom stereocenters. The van der Waals surface area contributed by atoms with Crippen LogP contribution < -0.4 is 0 Å². The molecule has 0 aromatic rings. The van der Waals surface area contributed by atoms with Gasteiger partial charge in [-0.15, -0.1) is 6.42 Å². The lowest BCUT2D eigenvalue weighted by Crippen LogP contribution is -2.38. The molecule has 1 unspecified atom stereocenters. The second-order valence-corrected chi connectivity index (χ2v) is 3.40. The minimum Gasteiger partial charge on any atom is -0.376 e. The second-order valence-electron chi connectivity index (χ2n) is 3.40. The summed E-state index contributed by atoms with van der Waals surface area (Å²) in [6.45, 7) is 0.619. The number of hydrogen-bond donors (Lipinski definition) is 0. The highest BCUT2D eigenvalue weighted by atomic mass is 16.7. The smallest absolute Gasteiger partial charge is 0.186 e. The Morgan fingerprint density at radius 2 is 1.81 bits per heavy atom. The third kappa shape index (κ3) is 2.94. The summed E-state index contributed by atoms with van der Waals surface area (Å²) in [4.78, 5) is 0. The maximum absolute atomic E-state index is 5.60. The van der Waals surface area contributed by atoms with E-state index in [1.54, 1.807) is 21.3 Å². The number of methoxy groups -OCH3 is 3. The van der Waals surface area contributed by atoms with Crippen LogP contribution in [0.15, 0.2) is 0 Å². The van der Waals surface area contributed by atoms with E-state index in [-0.39, 0.29) is 24.9 Å². The molecule has 0 saturated carbocycles. The molecule has 0 radical (unpaired) electrons. The lowest BCUT2D eigenvalue weighted by molar-refractivity contribution is -0.161. The quantitative estimate of drug-likeness (QED) is 0.476. The first-order valence-electron chi connectivity index (χ1n) is 5.03. The van der Waals surface area contributed by atoms with Crippen LogP contribution in [0.25, 0.3) is 0 Å². The lowest BCUT2D eigenvalue weighted by Gasteiger charge is -2.20. The number of hydrogen-bond acceptors (Lipinski definition) is 5. The SMILES string of the molecule is C#CCOCC1O[C@@H](OC)[C@H](OC)[C@@H]1OC. The van der Waals surface area contributed by atoms with Gasteiger partial charge >= 0.3 is 0 Å². The molecule has 1 fully saturated rings. The fraction of sp³-hybridized carbons (Fsp3) is 0.818. The minimum absolute atomic E-state index is 0.215. The summed E-state index contributed by atoms with van der Waals surface area (Å²) in [6.07, 6.45) is 3.96. The van der Waals surface area contributed by atoms with E-state index in [1.165, 1.54) is 0 Å². The van der Waals surface area contributed by atoms with Gasteiger partial charge in [-0.2, -0.15) is 0 Å². The van der Waals surface area contributed by atoms with Gasteiger partial charge in [-0.25, -0.2) is 0 Å². The molecule has 1 saturated heterocycles. The van der Waals surface area contributed by atoms with Crippen molar-refractivity contribution in [1.82, 2.24) is 0 Å². The van der Waals surface area contributed by atoms with Crippen LogP contribution in [-0.2, 0) is 23.7 Å². The Morgan fingerprint density at radius 3 is 2.31 bits per heavy atom. The van der Waals surface area contributed by atoms with E-state index in [0.717, 1.165) is 0 Å². The van der Waals surface area contributed by atoms with Crippen molar-refractivity contribution in [2.24, 2.45) is 0 Å². The maximum Gasteiger partial charge on any atom is 0.186 e. The zero-order chi connectivity index (χ0) is 12.0. The van der Waals surface area contributed by atoms with E-state index < -0.39 is 6.29 Å². The van der Waals surface area contributed by atoms with E-state index in [9.17, 15) is 0 Å². The van der Waals surface area contributed by atoms with Crippen molar-refractivity contribution >= 4 is 0 Å². The van der Waals surface area contributed by atoms with Crippen molar-refractivity contribution in [2.45, 2.75) is 24.6 Å². The fourth-order valence-electron chi connectivity index (χ4n) is 1.78. The zero-order valence-electron chi connectivity index (χ0n) is 9.84. The normalized spacial score (nSPS) is 33.9. The van der Waals surface area contributed by atoms with E-state index in [4.69, 9.17) is 30.1 Å². The van der Waals surface area contributed by atoms with Gasteiger partial charge in [-0.05, 0) is 0 Å². The summed E-state index contributed by atoms with van der Waals surface area (Å²) in [6, 6.07) is 0. The van der Waals surface area contributed by atoms with Crippen LogP contribution in [0, 0.1) is 12.3 Å². The zero-order valence-corrected chi connectivity index (χ0v) is 9.84. The molecule has 0 aromatic heterocycles. The third-order valence-electron chi connectivity index (χ3n) is 2.51. The Labute approximate surface area is 95.9 Å². The van der Waals surface area contributed by atoms with Gasteiger partial charge in [0.25, 0.3) is 0 Å². The number of rotatable bonds is 6. The molecular weight excluding hydrogens is 212 g/mol. The van der Waals surface area contributed by atoms with Crippen LogP contribution in [0.3, 0.4) is 0 Å². The van der Waals surface area contributed by atoms with Gasteiger partial charge in [-0.1, -0.05) is 5.92 Å². The molecule has 1 aliphatic heterocycles. The summed E-state index contributed by atoms with van der Waals surface area (Å²) in [5.74, 6) is 2.39. The van der Waals surface area contributed by atoms with Crippen LogP contribution in [0.2, 0.25) is 0 Å². The summed E-state index contributed by atoms with van der Waals surface area (Å²) < 4.78 is 26.6. The molecule has 0 spiro atoms. The molecule has 92 valence electrons. The van der Waals surface area contributed by atoms with Crippen molar-refractivity contribution in [2.75, 3.05) is 34.5 Å². The topological polar surface area (TPSA) is 46.2 Å². The van der Waals surface area contributed by atoms with Gasteiger partial charge in [-0.3, -0.25) is 0 Å². The van der Waals surface area contributed by atoms with Crippen molar-refractivity contribution in [3.63, 3.8) is 0 Å². The monoisotopic (exact) mass is 230 g/mol. The fourth-order valence-corrected chi connectivity index (χ4v) is 1.78. The predicted molar refractivity (Wildman–Crippen MR) is 56.9 cm³/mol. The van der Waals surface area contributed by atoms with Gasteiger partial charge < -0.3 is 23.7 Å². The first kappa shape index (κ1) is 13.4. The van der Waals surface area contributed by atoms with Crippen LogP contribution >= 0.6 is 0 Å². The van der Waals surface area contributed by atoms with Crippen molar-refractivity contribution in [1.29, 1.82) is 0 Å². The average molecular weight is 230 g/mol. The first-order chi connectivity index (χ1) is 7.78. The second kappa shape index (κ2) is 6.84. The summed E-state index contributed by atoms with van der Waals surface area (Å²) in [5, 5.41) is 0. The van der Waals surface area contributed by atoms with Crippen LogP contribution in [-0.4, -0.2) is 59.1 Å². The number of ether oxygens (including phenoxy) is 5. The molecule has 5 nitrogen and oxygen atoms in total. The van der Waals surface area contributed by atoms with E-state index >= 15 is 0 Å². The van der Waals surface area contributed by atoms with Crippen molar-refractivity contribution < 1.29 is 23.7 Å². The van der Waals surface area contributed by atoms with Gasteiger partial charge in [0.1, 0.15) is 24.9 Å². The van der Waals surface area contributed by atoms with E-state index in [1.807, 2.05) is 0 Å². The van der Waals surface area contributed by atoms with Gasteiger partial charge in [0, 0.05) is 21.3 Å². The largest absolute Gasteiger partial charge is 0.376 e. The standard InChI is InChI=1S/C11H18O5/c1-5-6-15-7-8-9(12-2)10(13-3)11(14-4)16-8/h1,8-11H,6-7H2,2-4H3/t8?,9-,10-,11-/m1/s1. The van der Waals surface area contributed by atoms with Crippen LogP contribution in [0.5, 0.6) is 0 Å². The highest BCUT2D eigenvalue weighted by Gasteiger charge is 2.45. The van der Waals surface area contributed by atoms with Crippen molar-refractivity contribution in [3.8, 4) is 12.3 Å². The van der Waals surface area contributed by atoms with Gasteiger partial charge in [0.15, 0.2) is 6.29 Å². The summed E-state index contributed by atoms with van der Waals surface area (Å²) >= 11 is 0. The molecule has 0 bridgehead atoms. The molecule has 0 aliphatic carbocycles. The Hall–Kier alpha value is -0.640. The molecular formula is C11H18O5. The van der Waals surface area contributed by atoms with Gasteiger partial charge in [0.2, 0.25) is 0 Å². The first-order valence-corrected chi connectivity index (χ1v) is 5.03. The molecule has 1 aliphatic rings. The summed E-state index contributed by atoms with van der Waals surface area (Å²) in [5.41, 5.74) is 0. The van der Waals surface area contributed by atoms with Crippen LogP contribution in [0.4, 0.5) is 0 Å². The van der Waals surface area contributed by atoms with Gasteiger partial charge in [0.05, 0.1) is 6.61 Å². The third-order valence-corrected chi connectivity index (χ3v) is 2.51. The Balaban J connectivity index is 2.54. The Morgan fingerprint density at radius 1 is 1.12 bits per heavy atom. The Kier molecular flexibility index (Phi) is 5.74. The maximum atomic E-state index is 5.60. The molecule has 0 aromatic carbocycles. The minimum atomic E-state index is -0.436. The lowest BCUT2D eigenvalue weighted by atomic mass is 10.1. The molecule has 16 heavy (non-hydrogen) atoms. The number of terminal acetylenes is 1. The molecule has 1 heterocycles. The van der Waals surface area contributed by atoms with E-state index in [2.05, 4.69) is 5.92 Å².